The molecule has 0 aromatic heterocycles. The van der Waals surface area contributed by atoms with Crippen molar-refractivity contribution in [1.29, 1.82) is 0 Å². The Bertz CT molecular complexity index is 218. The van der Waals surface area contributed by atoms with Crippen LogP contribution < -0.4 is 5.73 Å². The van der Waals surface area contributed by atoms with Gasteiger partial charge in [0.2, 0.25) is 0 Å². The van der Waals surface area contributed by atoms with E-state index in [1.807, 2.05) is 0 Å². The first kappa shape index (κ1) is 17.0. The lowest BCUT2D eigenvalue weighted by Crippen LogP contribution is -2.37. The molecule has 2 N–H and O–H groups in total. The number of hydrogen-bond donors (Lipinski definition) is 1. The molecule has 0 radical (unpaired) electrons. The molecule has 0 aliphatic rings. The molecule has 1 heteroatoms. The zero-order chi connectivity index (χ0) is 13.9. The maximum absolute atomic E-state index is 6.14. The minimum Gasteiger partial charge on any atom is -0.326 e. The van der Waals surface area contributed by atoms with Crippen LogP contribution in [0, 0.1) is 16.7 Å². The van der Waals surface area contributed by atoms with E-state index in [1.165, 1.54) is 19.3 Å². The largest absolute Gasteiger partial charge is 0.326 e. The summed E-state index contributed by atoms with van der Waals surface area (Å²) in [4.78, 5) is 0. The highest BCUT2D eigenvalue weighted by Crippen LogP contribution is 2.38. The van der Waals surface area contributed by atoms with E-state index in [0.29, 0.717) is 10.8 Å². The van der Waals surface area contributed by atoms with Crippen LogP contribution in [0.1, 0.15) is 81.1 Å². The van der Waals surface area contributed by atoms with Crippen molar-refractivity contribution in [2.45, 2.75) is 86.6 Å². The van der Waals surface area contributed by atoms with Crippen molar-refractivity contribution in [1.82, 2.24) is 0 Å². The molecule has 0 aromatic rings. The minimum atomic E-state index is -0.0499. The van der Waals surface area contributed by atoms with Crippen LogP contribution in [-0.4, -0.2) is 5.54 Å². The Hall–Kier alpha value is -0.0400. The molecule has 104 valence electrons. The fraction of sp³-hybridized carbons (Fsp3) is 1.00. The molecule has 0 fully saturated rings. The van der Waals surface area contributed by atoms with Gasteiger partial charge in [-0.15, -0.1) is 0 Å². The summed E-state index contributed by atoms with van der Waals surface area (Å²) < 4.78 is 0. The topological polar surface area (TPSA) is 26.0 Å². The molecule has 0 aromatic carbocycles. The van der Waals surface area contributed by atoms with E-state index >= 15 is 0 Å². The molecule has 0 saturated carbocycles. The average Bonchev–Trinajstić information content (AvgIpc) is 1.94. The summed E-state index contributed by atoms with van der Waals surface area (Å²) in [6, 6.07) is 0. The lowest BCUT2D eigenvalue weighted by Gasteiger charge is -2.36. The van der Waals surface area contributed by atoms with Crippen molar-refractivity contribution in [2.75, 3.05) is 0 Å². The van der Waals surface area contributed by atoms with Crippen molar-refractivity contribution in [2.24, 2.45) is 22.5 Å². The van der Waals surface area contributed by atoms with Crippen molar-refractivity contribution in [3.63, 3.8) is 0 Å². The maximum atomic E-state index is 6.14. The zero-order valence-corrected chi connectivity index (χ0v) is 13.5. The second-order valence-corrected chi connectivity index (χ2v) is 8.59. The molecule has 0 bridgehead atoms. The lowest BCUT2D eigenvalue weighted by molar-refractivity contribution is 0.177. The molecule has 0 unspecified atom stereocenters. The predicted octanol–water partition coefficient (Wildman–Crippen LogP) is 4.99. The third-order valence-electron chi connectivity index (χ3n) is 3.37. The maximum Gasteiger partial charge on any atom is 0.0102 e. The second kappa shape index (κ2) is 5.73. The summed E-state index contributed by atoms with van der Waals surface area (Å²) in [6.07, 6.45) is 4.98. The lowest BCUT2D eigenvalue weighted by atomic mass is 9.71. The summed E-state index contributed by atoms with van der Waals surface area (Å²) in [5.74, 6) is 0.791. The van der Waals surface area contributed by atoms with Crippen LogP contribution in [0.3, 0.4) is 0 Å². The first-order chi connectivity index (χ1) is 7.33. The molecular formula is C16H35N. The molecule has 0 atom stereocenters. The van der Waals surface area contributed by atoms with Gasteiger partial charge in [0.15, 0.2) is 0 Å². The van der Waals surface area contributed by atoms with Crippen LogP contribution in [0.4, 0.5) is 0 Å². The normalized spacial score (nSPS) is 14.5. The van der Waals surface area contributed by atoms with Gasteiger partial charge in [-0.2, -0.15) is 0 Å². The molecular weight excluding hydrogens is 206 g/mol. The first-order valence-electron chi connectivity index (χ1n) is 7.12. The molecule has 0 amide bonds. The van der Waals surface area contributed by atoms with Gasteiger partial charge >= 0.3 is 0 Å². The smallest absolute Gasteiger partial charge is 0.0102 e. The highest BCUT2D eigenvalue weighted by molar-refractivity contribution is 4.84. The summed E-state index contributed by atoms with van der Waals surface area (Å²) in [6.45, 7) is 18.4. The monoisotopic (exact) mass is 241 g/mol. The van der Waals surface area contributed by atoms with E-state index in [4.69, 9.17) is 5.73 Å². The van der Waals surface area contributed by atoms with Crippen molar-refractivity contribution < 1.29 is 0 Å². The van der Waals surface area contributed by atoms with E-state index < -0.39 is 0 Å². The Morgan fingerprint density at radius 1 is 0.824 bits per heavy atom. The van der Waals surface area contributed by atoms with Crippen LogP contribution in [0.15, 0.2) is 0 Å². The van der Waals surface area contributed by atoms with Crippen molar-refractivity contribution >= 4 is 0 Å². The van der Waals surface area contributed by atoms with Crippen molar-refractivity contribution in [3.8, 4) is 0 Å². The van der Waals surface area contributed by atoms with Gasteiger partial charge in [0.1, 0.15) is 0 Å². The molecule has 1 nitrogen and oxygen atoms in total. The van der Waals surface area contributed by atoms with Gasteiger partial charge in [-0.1, -0.05) is 41.5 Å². The standard InChI is InChI=1S/C16H35N/c1-13(2)11-14(3,4)9-10-15(5,6)12-16(7,8)17/h13H,9-12,17H2,1-8H3. The van der Waals surface area contributed by atoms with Gasteiger partial charge in [-0.05, 0) is 56.3 Å². The number of rotatable bonds is 7. The first-order valence-corrected chi connectivity index (χ1v) is 7.12. The molecule has 0 saturated heterocycles. The third-order valence-corrected chi connectivity index (χ3v) is 3.37. The van der Waals surface area contributed by atoms with Gasteiger partial charge in [0.05, 0.1) is 0 Å². The Morgan fingerprint density at radius 2 is 1.24 bits per heavy atom. The van der Waals surface area contributed by atoms with E-state index in [0.717, 1.165) is 12.3 Å². The van der Waals surface area contributed by atoms with Gasteiger partial charge in [0.25, 0.3) is 0 Å². The number of nitrogens with two attached hydrogens (primary N) is 1. The van der Waals surface area contributed by atoms with Crippen LogP contribution in [0.25, 0.3) is 0 Å². The van der Waals surface area contributed by atoms with Crippen LogP contribution in [-0.2, 0) is 0 Å². The van der Waals surface area contributed by atoms with E-state index in [-0.39, 0.29) is 5.54 Å². The average molecular weight is 241 g/mol. The van der Waals surface area contributed by atoms with Gasteiger partial charge in [-0.25, -0.2) is 0 Å². The van der Waals surface area contributed by atoms with Gasteiger partial charge < -0.3 is 5.73 Å². The van der Waals surface area contributed by atoms with Gasteiger partial charge in [0, 0.05) is 5.54 Å². The highest BCUT2D eigenvalue weighted by atomic mass is 14.7. The van der Waals surface area contributed by atoms with Crippen LogP contribution >= 0.6 is 0 Å². The fourth-order valence-electron chi connectivity index (χ4n) is 3.21. The Kier molecular flexibility index (Phi) is 5.72. The molecule has 0 rings (SSSR count). The molecule has 0 spiro atoms. The quantitative estimate of drug-likeness (QED) is 0.667. The van der Waals surface area contributed by atoms with Gasteiger partial charge in [-0.3, -0.25) is 0 Å². The Morgan fingerprint density at radius 3 is 1.59 bits per heavy atom. The summed E-state index contributed by atoms with van der Waals surface area (Å²) in [5, 5.41) is 0. The van der Waals surface area contributed by atoms with Crippen molar-refractivity contribution in [3.05, 3.63) is 0 Å². The summed E-state index contributed by atoms with van der Waals surface area (Å²) in [7, 11) is 0. The second-order valence-electron chi connectivity index (χ2n) is 8.59. The molecule has 0 aliphatic carbocycles. The predicted molar refractivity (Wildman–Crippen MR) is 79.1 cm³/mol. The zero-order valence-electron chi connectivity index (χ0n) is 13.5. The Labute approximate surface area is 110 Å². The third kappa shape index (κ3) is 9.64. The van der Waals surface area contributed by atoms with E-state index in [9.17, 15) is 0 Å². The van der Waals surface area contributed by atoms with E-state index in [1.54, 1.807) is 0 Å². The van der Waals surface area contributed by atoms with Crippen LogP contribution in [0.2, 0.25) is 0 Å². The van der Waals surface area contributed by atoms with E-state index in [2.05, 4.69) is 55.4 Å². The SMILES string of the molecule is CC(C)CC(C)(C)CCC(C)(C)CC(C)(C)N. The fourth-order valence-corrected chi connectivity index (χ4v) is 3.21. The Balaban J connectivity index is 4.26. The highest BCUT2D eigenvalue weighted by Gasteiger charge is 2.28. The minimum absolute atomic E-state index is 0.0499. The molecule has 17 heavy (non-hydrogen) atoms. The summed E-state index contributed by atoms with van der Waals surface area (Å²) >= 11 is 0. The molecule has 0 aliphatic heterocycles. The summed E-state index contributed by atoms with van der Waals surface area (Å²) in [5.41, 5.74) is 6.91. The van der Waals surface area contributed by atoms with Crippen LogP contribution in [0.5, 0.6) is 0 Å². The molecule has 0 heterocycles. The number of hydrogen-bond acceptors (Lipinski definition) is 1.